The van der Waals surface area contributed by atoms with E-state index in [2.05, 4.69) is 5.23 Å². The van der Waals surface area contributed by atoms with Crippen molar-refractivity contribution < 1.29 is 13.7 Å². The second-order valence-corrected chi connectivity index (χ2v) is 5.74. The normalized spacial score (nSPS) is 14.5. The first-order chi connectivity index (χ1) is 12.4. The summed E-state index contributed by atoms with van der Waals surface area (Å²) in [6.45, 7) is 0. The number of rotatable bonds is 4. The van der Waals surface area contributed by atoms with Gasteiger partial charge in [0.15, 0.2) is 0 Å². The first-order valence-corrected chi connectivity index (χ1v) is 8.26. The van der Waals surface area contributed by atoms with E-state index in [0.29, 0.717) is 0 Å². The Morgan fingerprint density at radius 2 is 0.960 bits per heavy atom. The average molecular weight is 327 g/mol. The van der Waals surface area contributed by atoms with Crippen molar-refractivity contribution in [2.75, 3.05) is 5.23 Å². The molecule has 1 N–H and O–H groups in total. The van der Waals surface area contributed by atoms with E-state index in [1.54, 1.807) is 0 Å². The maximum absolute atomic E-state index is 6.04. The summed E-state index contributed by atoms with van der Waals surface area (Å²) in [6.07, 6.45) is 0. The Morgan fingerprint density at radius 3 is 1.44 bits per heavy atom. The minimum Gasteiger partial charge on any atom is -0.445 e. The second-order valence-electron chi connectivity index (χ2n) is 5.74. The lowest BCUT2D eigenvalue weighted by molar-refractivity contribution is 0.304. The monoisotopic (exact) mass is 327 g/mol. The van der Waals surface area contributed by atoms with Gasteiger partial charge in [-0.25, -0.2) is 0 Å². The predicted molar refractivity (Wildman–Crippen MR) is 103 cm³/mol. The molecule has 3 aromatic carbocycles. The van der Waals surface area contributed by atoms with Crippen LogP contribution in [0.2, 0.25) is 0 Å². The van der Waals surface area contributed by atoms with Crippen molar-refractivity contribution in [2.45, 2.75) is 0 Å². The van der Waals surface area contributed by atoms with Gasteiger partial charge in [-0.2, -0.15) is 0 Å². The van der Waals surface area contributed by atoms with Crippen LogP contribution in [0, 0.1) is 0 Å². The third kappa shape index (κ3) is 3.96. The fourth-order valence-electron chi connectivity index (χ4n) is 2.71. The Labute approximate surface area is 148 Å². The molecule has 3 aromatic rings. The van der Waals surface area contributed by atoms with Crippen molar-refractivity contribution in [2.24, 2.45) is 0 Å². The van der Waals surface area contributed by atoms with E-state index >= 15 is 0 Å². The zero-order valence-electron chi connectivity index (χ0n) is 13.6. The summed E-state index contributed by atoms with van der Waals surface area (Å²) >= 11 is 0. The molecule has 4 rings (SSSR count). The molecule has 1 saturated heterocycles. The molecule has 0 spiro atoms. The fraction of sp³-hybridized carbons (Fsp3) is 0. The Bertz CT molecular complexity index is 745. The molecule has 0 radical (unpaired) electrons. The van der Waals surface area contributed by atoms with Crippen LogP contribution in [0.5, 0.6) is 0 Å². The minimum atomic E-state index is -0.619. The Hall–Kier alpha value is -2.47. The van der Waals surface area contributed by atoms with Gasteiger partial charge < -0.3 is 18.9 Å². The molecular formula is C18H16B3NO3. The molecular weight excluding hydrogens is 311 g/mol. The highest BCUT2D eigenvalue weighted by molar-refractivity contribution is 6.84. The summed E-state index contributed by atoms with van der Waals surface area (Å²) in [5, 5.41) is 3.26. The number of hydrogen-bond donors (Lipinski definition) is 1. The van der Waals surface area contributed by atoms with E-state index in [4.69, 9.17) is 13.7 Å². The Kier molecular flexibility index (Phi) is 4.88. The van der Waals surface area contributed by atoms with Gasteiger partial charge in [-0.1, -0.05) is 78.9 Å². The molecule has 0 unspecified atom stereocenters. The van der Waals surface area contributed by atoms with Crippen LogP contribution in [0.25, 0.3) is 0 Å². The van der Waals surface area contributed by atoms with Gasteiger partial charge in [0.1, 0.15) is 0 Å². The van der Waals surface area contributed by atoms with Gasteiger partial charge in [0, 0.05) is 5.69 Å². The van der Waals surface area contributed by atoms with Gasteiger partial charge in [-0.05, 0) is 23.1 Å². The van der Waals surface area contributed by atoms with Gasteiger partial charge in [0.25, 0.3) is 0 Å². The van der Waals surface area contributed by atoms with Gasteiger partial charge in [0.2, 0.25) is 0 Å². The van der Waals surface area contributed by atoms with Crippen LogP contribution in [0.4, 0.5) is 5.69 Å². The van der Waals surface area contributed by atoms with Gasteiger partial charge in [-0.3, -0.25) is 0 Å². The number of hydrogen-bond acceptors (Lipinski definition) is 4. The molecule has 1 aliphatic rings. The molecule has 1 aliphatic heterocycles. The molecule has 0 amide bonds. The summed E-state index contributed by atoms with van der Waals surface area (Å²) in [7, 11) is -1.64. The quantitative estimate of drug-likeness (QED) is 0.744. The van der Waals surface area contributed by atoms with Crippen molar-refractivity contribution in [1.82, 2.24) is 0 Å². The van der Waals surface area contributed by atoms with Crippen LogP contribution in [-0.2, 0) is 13.7 Å². The standard InChI is InChI=1S/C18H16B3NO3/c1-4-10-16(11-5-1)19-23-20(17-12-6-2-7-13-17)25-21(24-19)22-18-14-8-3-9-15-18/h1-15,22H. The van der Waals surface area contributed by atoms with Gasteiger partial charge in [0.05, 0.1) is 0 Å². The summed E-state index contributed by atoms with van der Waals surface area (Å²) < 4.78 is 18.0. The third-order valence-electron chi connectivity index (χ3n) is 3.94. The van der Waals surface area contributed by atoms with Crippen LogP contribution in [0.3, 0.4) is 0 Å². The fourth-order valence-corrected chi connectivity index (χ4v) is 2.71. The van der Waals surface area contributed by atoms with Crippen LogP contribution in [0.1, 0.15) is 0 Å². The molecule has 1 fully saturated rings. The highest BCUT2D eigenvalue weighted by Gasteiger charge is 2.43. The van der Waals surface area contributed by atoms with E-state index in [1.165, 1.54) is 0 Å². The summed E-state index contributed by atoms with van der Waals surface area (Å²) in [5.41, 5.74) is 2.83. The largest absolute Gasteiger partial charge is 0.563 e. The van der Waals surface area contributed by atoms with E-state index in [0.717, 1.165) is 16.6 Å². The Balaban J connectivity index is 1.58. The van der Waals surface area contributed by atoms with Gasteiger partial charge >= 0.3 is 21.5 Å². The number of para-hydroxylation sites is 1. The first-order valence-electron chi connectivity index (χ1n) is 8.26. The van der Waals surface area contributed by atoms with E-state index < -0.39 is 21.5 Å². The van der Waals surface area contributed by atoms with Crippen LogP contribution in [-0.4, -0.2) is 21.5 Å². The van der Waals surface area contributed by atoms with Crippen LogP contribution in [0.15, 0.2) is 91.0 Å². The number of nitrogens with one attached hydrogen (secondary N) is 1. The smallest absolute Gasteiger partial charge is 0.445 e. The lowest BCUT2D eigenvalue weighted by Crippen LogP contribution is -2.60. The second kappa shape index (κ2) is 7.61. The summed E-state index contributed by atoms with van der Waals surface area (Å²) in [4.78, 5) is 0. The molecule has 25 heavy (non-hydrogen) atoms. The highest BCUT2D eigenvalue weighted by atomic mass is 16.7. The van der Waals surface area contributed by atoms with Crippen molar-refractivity contribution >= 4 is 38.1 Å². The number of benzene rings is 3. The highest BCUT2D eigenvalue weighted by Crippen LogP contribution is 2.13. The van der Waals surface area contributed by atoms with Crippen LogP contribution >= 0.6 is 0 Å². The number of anilines is 1. The predicted octanol–water partition coefficient (Wildman–Crippen LogP) is 1.94. The molecule has 0 bridgehead atoms. The lowest BCUT2D eigenvalue weighted by atomic mass is 9.66. The van der Waals surface area contributed by atoms with Crippen molar-refractivity contribution in [3.8, 4) is 0 Å². The first kappa shape index (κ1) is 16.0. The van der Waals surface area contributed by atoms with Crippen LogP contribution < -0.4 is 16.2 Å². The molecule has 0 atom stereocenters. The molecule has 4 nitrogen and oxygen atoms in total. The van der Waals surface area contributed by atoms with E-state index in [-0.39, 0.29) is 0 Å². The summed E-state index contributed by atoms with van der Waals surface area (Å²) in [6, 6.07) is 29.6. The molecule has 0 saturated carbocycles. The summed E-state index contributed by atoms with van der Waals surface area (Å²) in [5.74, 6) is 0. The average Bonchev–Trinajstić information content (AvgIpc) is 2.70. The SMILES string of the molecule is c1ccc(NB2OB(c3ccccc3)OB(c3ccccc3)O2)cc1. The molecule has 7 heteroatoms. The molecule has 1 heterocycles. The topological polar surface area (TPSA) is 39.7 Å². The maximum atomic E-state index is 6.04. The van der Waals surface area contributed by atoms with Gasteiger partial charge in [-0.15, -0.1) is 0 Å². The van der Waals surface area contributed by atoms with E-state index in [9.17, 15) is 0 Å². The lowest BCUT2D eigenvalue weighted by Gasteiger charge is -2.31. The molecule has 0 aliphatic carbocycles. The zero-order valence-corrected chi connectivity index (χ0v) is 13.6. The van der Waals surface area contributed by atoms with Crippen molar-refractivity contribution in [3.63, 3.8) is 0 Å². The van der Waals surface area contributed by atoms with E-state index in [1.807, 2.05) is 91.0 Å². The maximum Gasteiger partial charge on any atom is 0.563 e. The molecule has 120 valence electrons. The minimum absolute atomic E-state index is 0.513. The molecule has 0 aromatic heterocycles. The zero-order chi connectivity index (χ0) is 16.9. The third-order valence-corrected chi connectivity index (χ3v) is 3.94. The van der Waals surface area contributed by atoms with Crippen molar-refractivity contribution in [1.29, 1.82) is 0 Å². The Morgan fingerprint density at radius 1 is 0.520 bits per heavy atom. The van der Waals surface area contributed by atoms with Crippen molar-refractivity contribution in [3.05, 3.63) is 91.0 Å².